The number of hydrogen-bond acceptors (Lipinski definition) is 5. The van der Waals surface area contributed by atoms with Crippen molar-refractivity contribution < 1.29 is 4.79 Å². The smallest absolute Gasteiger partial charge is 0.269 e. The Labute approximate surface area is 101 Å². The number of nitrogen functional groups attached to an aromatic ring is 1. The molecule has 0 aliphatic carbocycles. The number of carbonyl (C=O) groups is 1. The maximum Gasteiger partial charge on any atom is 0.269 e. The maximum absolute atomic E-state index is 11.7. The van der Waals surface area contributed by atoms with Crippen LogP contribution in [0.15, 0.2) is 18.2 Å². The summed E-state index contributed by atoms with van der Waals surface area (Å²) in [6.07, 6.45) is 0.910. The van der Waals surface area contributed by atoms with Gasteiger partial charge in [0.15, 0.2) is 0 Å². The first-order valence-electron chi connectivity index (χ1n) is 5.50. The number of hydrogen-bond donors (Lipinski definition) is 3. The molecule has 0 spiro atoms. The van der Waals surface area contributed by atoms with Crippen molar-refractivity contribution in [1.29, 1.82) is 0 Å². The van der Waals surface area contributed by atoms with Crippen LogP contribution in [0.25, 0.3) is 0 Å². The molecule has 1 aromatic rings. The number of nitrogens with zero attached hydrogens (tertiary/aromatic N) is 2. The van der Waals surface area contributed by atoms with E-state index in [9.17, 15) is 4.79 Å². The van der Waals surface area contributed by atoms with E-state index < -0.39 is 0 Å². The van der Waals surface area contributed by atoms with E-state index in [0.29, 0.717) is 18.1 Å². The van der Waals surface area contributed by atoms with Gasteiger partial charge in [-0.2, -0.15) is 0 Å². The van der Waals surface area contributed by atoms with Crippen LogP contribution in [-0.4, -0.2) is 43.0 Å². The van der Waals surface area contributed by atoms with Gasteiger partial charge in [0, 0.05) is 6.54 Å². The summed E-state index contributed by atoms with van der Waals surface area (Å²) in [5.41, 5.74) is 2.77. The summed E-state index contributed by atoms with van der Waals surface area (Å²) >= 11 is 0. The standard InChI is InChI=1S/C11H19N5O/c1-16(2)8-4-7-13-11(17)9-5-3-6-10(14-9)15-12/h3,5-6H,4,7-8,12H2,1-2H3,(H,13,17)(H,14,15). The lowest BCUT2D eigenvalue weighted by Gasteiger charge is -2.09. The van der Waals surface area contributed by atoms with Crippen LogP contribution in [0, 0.1) is 0 Å². The molecule has 1 aromatic heterocycles. The Bertz CT molecular complexity index is 367. The van der Waals surface area contributed by atoms with Gasteiger partial charge in [0.2, 0.25) is 0 Å². The highest BCUT2D eigenvalue weighted by Crippen LogP contribution is 2.02. The van der Waals surface area contributed by atoms with Crippen LogP contribution < -0.4 is 16.6 Å². The molecular weight excluding hydrogens is 218 g/mol. The second-order valence-corrected chi connectivity index (χ2v) is 3.97. The number of rotatable bonds is 6. The molecule has 0 bridgehead atoms. The molecule has 6 heteroatoms. The monoisotopic (exact) mass is 237 g/mol. The average molecular weight is 237 g/mol. The molecule has 0 atom stereocenters. The second kappa shape index (κ2) is 6.82. The number of nitrogens with one attached hydrogen (secondary N) is 2. The van der Waals surface area contributed by atoms with Crippen LogP contribution in [0.1, 0.15) is 16.9 Å². The summed E-state index contributed by atoms with van der Waals surface area (Å²) in [6.45, 7) is 1.58. The number of aromatic nitrogens is 1. The highest BCUT2D eigenvalue weighted by molar-refractivity contribution is 5.92. The van der Waals surface area contributed by atoms with Gasteiger partial charge < -0.3 is 15.6 Å². The molecule has 0 saturated carbocycles. The molecule has 4 N–H and O–H groups in total. The Hall–Kier alpha value is -1.66. The largest absolute Gasteiger partial charge is 0.351 e. The van der Waals surface area contributed by atoms with Gasteiger partial charge >= 0.3 is 0 Å². The van der Waals surface area contributed by atoms with Crippen molar-refractivity contribution in [2.24, 2.45) is 5.84 Å². The zero-order chi connectivity index (χ0) is 12.7. The maximum atomic E-state index is 11.7. The van der Waals surface area contributed by atoms with Crippen LogP contribution in [0.2, 0.25) is 0 Å². The Morgan fingerprint density at radius 1 is 1.47 bits per heavy atom. The molecule has 0 fully saturated rings. The van der Waals surface area contributed by atoms with Crippen LogP contribution in [-0.2, 0) is 0 Å². The lowest BCUT2D eigenvalue weighted by molar-refractivity contribution is 0.0947. The number of carbonyl (C=O) groups excluding carboxylic acids is 1. The third-order valence-corrected chi connectivity index (χ3v) is 2.20. The third kappa shape index (κ3) is 4.80. The molecule has 0 radical (unpaired) electrons. The third-order valence-electron chi connectivity index (χ3n) is 2.20. The van der Waals surface area contributed by atoms with Crippen LogP contribution in [0.5, 0.6) is 0 Å². The van der Waals surface area contributed by atoms with Gasteiger partial charge in [0.1, 0.15) is 11.5 Å². The van der Waals surface area contributed by atoms with Crippen molar-refractivity contribution in [3.05, 3.63) is 23.9 Å². The molecule has 0 saturated heterocycles. The van der Waals surface area contributed by atoms with E-state index >= 15 is 0 Å². The van der Waals surface area contributed by atoms with Crippen LogP contribution in [0.3, 0.4) is 0 Å². The van der Waals surface area contributed by atoms with Crippen LogP contribution in [0.4, 0.5) is 5.82 Å². The minimum Gasteiger partial charge on any atom is -0.351 e. The molecule has 1 rings (SSSR count). The van der Waals surface area contributed by atoms with E-state index in [2.05, 4.69) is 20.6 Å². The number of amides is 1. The molecule has 0 aromatic carbocycles. The van der Waals surface area contributed by atoms with Gasteiger partial charge in [-0.3, -0.25) is 4.79 Å². The van der Waals surface area contributed by atoms with E-state index in [0.717, 1.165) is 13.0 Å². The Kier molecular flexibility index (Phi) is 5.38. The van der Waals surface area contributed by atoms with Gasteiger partial charge in [-0.25, -0.2) is 10.8 Å². The molecule has 6 nitrogen and oxygen atoms in total. The predicted octanol–water partition coefficient (Wildman–Crippen LogP) is 0.0487. The van der Waals surface area contributed by atoms with Crippen molar-refractivity contribution >= 4 is 11.7 Å². The summed E-state index contributed by atoms with van der Waals surface area (Å²) < 4.78 is 0. The highest BCUT2D eigenvalue weighted by atomic mass is 16.1. The quantitative estimate of drug-likeness (QED) is 0.370. The van der Waals surface area contributed by atoms with Gasteiger partial charge in [-0.1, -0.05) is 6.07 Å². The van der Waals surface area contributed by atoms with E-state index in [1.54, 1.807) is 18.2 Å². The van der Waals surface area contributed by atoms with Gasteiger partial charge in [0.25, 0.3) is 5.91 Å². The molecule has 17 heavy (non-hydrogen) atoms. The van der Waals surface area contributed by atoms with Gasteiger partial charge in [-0.05, 0) is 39.2 Å². The fourth-order valence-corrected chi connectivity index (χ4v) is 1.33. The summed E-state index contributed by atoms with van der Waals surface area (Å²) in [6, 6.07) is 5.09. The zero-order valence-corrected chi connectivity index (χ0v) is 10.2. The molecule has 1 amide bonds. The minimum absolute atomic E-state index is 0.180. The Morgan fingerprint density at radius 3 is 2.88 bits per heavy atom. The molecule has 94 valence electrons. The first-order chi connectivity index (χ1) is 8.13. The lowest BCUT2D eigenvalue weighted by Crippen LogP contribution is -2.28. The summed E-state index contributed by atoms with van der Waals surface area (Å²) in [7, 11) is 4.00. The second-order valence-electron chi connectivity index (χ2n) is 3.97. The van der Waals surface area contributed by atoms with Crippen molar-refractivity contribution in [3.63, 3.8) is 0 Å². The fourth-order valence-electron chi connectivity index (χ4n) is 1.33. The van der Waals surface area contributed by atoms with Crippen LogP contribution >= 0.6 is 0 Å². The summed E-state index contributed by atoms with van der Waals surface area (Å²) in [5.74, 6) is 5.52. The number of pyridine rings is 1. The number of anilines is 1. The van der Waals surface area contributed by atoms with E-state index in [1.807, 2.05) is 14.1 Å². The van der Waals surface area contributed by atoms with Crippen molar-refractivity contribution in [1.82, 2.24) is 15.2 Å². The Balaban J connectivity index is 2.41. The van der Waals surface area contributed by atoms with E-state index in [4.69, 9.17) is 5.84 Å². The number of nitrogens with two attached hydrogens (primary N) is 1. The minimum atomic E-state index is -0.180. The van der Waals surface area contributed by atoms with E-state index in [1.165, 1.54) is 0 Å². The fraction of sp³-hybridized carbons (Fsp3) is 0.455. The molecule has 0 aliphatic rings. The normalized spacial score (nSPS) is 10.4. The SMILES string of the molecule is CN(C)CCCNC(=O)c1cccc(NN)n1. The van der Waals surface area contributed by atoms with E-state index in [-0.39, 0.29) is 5.91 Å². The van der Waals surface area contributed by atoms with Gasteiger partial charge in [-0.15, -0.1) is 0 Å². The molecular formula is C11H19N5O. The Morgan fingerprint density at radius 2 is 2.24 bits per heavy atom. The zero-order valence-electron chi connectivity index (χ0n) is 10.2. The van der Waals surface area contributed by atoms with Crippen molar-refractivity contribution in [3.8, 4) is 0 Å². The summed E-state index contributed by atoms with van der Waals surface area (Å²) in [5, 5.41) is 2.81. The number of hydrazine groups is 1. The first-order valence-corrected chi connectivity index (χ1v) is 5.50. The average Bonchev–Trinajstić information content (AvgIpc) is 2.34. The molecule has 0 unspecified atom stereocenters. The van der Waals surface area contributed by atoms with Crippen molar-refractivity contribution in [2.75, 3.05) is 32.6 Å². The van der Waals surface area contributed by atoms with Crippen molar-refractivity contribution in [2.45, 2.75) is 6.42 Å². The predicted molar refractivity (Wildman–Crippen MR) is 67.6 cm³/mol. The topological polar surface area (TPSA) is 83.3 Å². The molecule has 0 aliphatic heterocycles. The van der Waals surface area contributed by atoms with Gasteiger partial charge in [0.05, 0.1) is 0 Å². The molecule has 1 heterocycles. The highest BCUT2D eigenvalue weighted by Gasteiger charge is 2.06. The first kappa shape index (κ1) is 13.4. The summed E-state index contributed by atoms with van der Waals surface area (Å²) in [4.78, 5) is 17.8. The lowest BCUT2D eigenvalue weighted by atomic mass is 10.3.